The first kappa shape index (κ1) is 22.5. The van der Waals surface area contributed by atoms with Crippen LogP contribution in [0.3, 0.4) is 0 Å². The number of aryl methyl sites for hydroxylation is 1. The van der Waals surface area contributed by atoms with Crippen LogP contribution in [0.4, 0.5) is 5.82 Å². The Kier molecular flexibility index (Phi) is 7.36. The van der Waals surface area contributed by atoms with Crippen molar-refractivity contribution in [3.63, 3.8) is 0 Å². The fourth-order valence-corrected chi connectivity index (χ4v) is 4.00. The molecule has 4 aromatic rings. The largest absolute Gasteiger partial charge is 0.490 e. The highest BCUT2D eigenvalue weighted by Gasteiger charge is 2.14. The summed E-state index contributed by atoms with van der Waals surface area (Å²) < 4.78 is 7.94. The molecule has 9 nitrogen and oxygen atoms in total. The molecule has 0 bridgehead atoms. The summed E-state index contributed by atoms with van der Waals surface area (Å²) in [4.78, 5) is 21.4. The minimum atomic E-state index is -0.200. The van der Waals surface area contributed by atoms with Crippen molar-refractivity contribution in [2.24, 2.45) is 0 Å². The summed E-state index contributed by atoms with van der Waals surface area (Å²) >= 11 is 1.32. The zero-order valence-corrected chi connectivity index (χ0v) is 19.2. The molecule has 0 fully saturated rings. The summed E-state index contributed by atoms with van der Waals surface area (Å²) in [5.74, 6) is 0.962. The van der Waals surface area contributed by atoms with Crippen LogP contribution in [-0.4, -0.2) is 42.0 Å². The number of nitrogens with zero attached hydrogens (tertiary/aromatic N) is 5. The van der Waals surface area contributed by atoms with E-state index in [-0.39, 0.29) is 18.4 Å². The van der Waals surface area contributed by atoms with Gasteiger partial charge in [0, 0.05) is 37.4 Å². The van der Waals surface area contributed by atoms with Gasteiger partial charge in [-0.1, -0.05) is 30.3 Å². The van der Waals surface area contributed by atoms with E-state index in [1.807, 2.05) is 44.3 Å². The van der Waals surface area contributed by atoms with Gasteiger partial charge in [-0.3, -0.25) is 14.6 Å². The van der Waals surface area contributed by atoms with Gasteiger partial charge in [-0.2, -0.15) is 10.2 Å². The van der Waals surface area contributed by atoms with Crippen molar-refractivity contribution in [3.8, 4) is 5.75 Å². The van der Waals surface area contributed by atoms with E-state index in [1.54, 1.807) is 16.8 Å². The van der Waals surface area contributed by atoms with Crippen molar-refractivity contribution < 1.29 is 9.53 Å². The Morgan fingerprint density at radius 1 is 1.24 bits per heavy atom. The normalized spacial score (nSPS) is 11.8. The molecule has 0 saturated carbocycles. The number of carbonyl (C=O) groups is 1. The second kappa shape index (κ2) is 10.8. The first-order valence-corrected chi connectivity index (χ1v) is 11.5. The fourth-order valence-electron chi connectivity index (χ4n) is 3.26. The number of anilines is 1. The Bertz CT molecular complexity index is 1180. The maximum Gasteiger partial charge on any atom is 0.231 e. The number of rotatable bonds is 10. The Morgan fingerprint density at radius 2 is 2.09 bits per heavy atom. The van der Waals surface area contributed by atoms with Crippen LogP contribution < -0.4 is 10.1 Å². The molecule has 0 aliphatic heterocycles. The lowest BCUT2D eigenvalue weighted by Crippen LogP contribution is -2.17. The van der Waals surface area contributed by atoms with E-state index < -0.39 is 0 Å². The Labute approximate surface area is 196 Å². The van der Waals surface area contributed by atoms with Gasteiger partial charge >= 0.3 is 0 Å². The molecule has 0 radical (unpaired) electrons. The van der Waals surface area contributed by atoms with Crippen LogP contribution in [-0.2, 0) is 24.2 Å². The molecular formula is C23H25N7O2S. The molecule has 10 heteroatoms. The second-order valence-electron chi connectivity index (χ2n) is 7.42. The summed E-state index contributed by atoms with van der Waals surface area (Å²) in [6.45, 7) is 4.74. The van der Waals surface area contributed by atoms with Gasteiger partial charge in [-0.05, 0) is 31.2 Å². The quantitative estimate of drug-likeness (QED) is 0.368. The third kappa shape index (κ3) is 6.66. The highest BCUT2D eigenvalue weighted by Crippen LogP contribution is 2.27. The van der Waals surface area contributed by atoms with Crippen molar-refractivity contribution in [2.45, 2.75) is 49.5 Å². The van der Waals surface area contributed by atoms with Crippen LogP contribution in [0.1, 0.15) is 25.1 Å². The van der Waals surface area contributed by atoms with E-state index in [4.69, 9.17) is 4.74 Å². The van der Waals surface area contributed by atoms with Gasteiger partial charge < -0.3 is 10.1 Å². The smallest absolute Gasteiger partial charge is 0.231 e. The summed E-state index contributed by atoms with van der Waals surface area (Å²) in [6.07, 6.45) is 4.06. The Balaban J connectivity index is 1.48. The number of hydrogen-bond donors (Lipinski definition) is 2. The van der Waals surface area contributed by atoms with Crippen molar-refractivity contribution >= 4 is 23.5 Å². The predicted molar refractivity (Wildman–Crippen MR) is 125 cm³/mol. The second-order valence-corrected chi connectivity index (χ2v) is 8.43. The minimum absolute atomic E-state index is 0.0578. The molecule has 0 aliphatic rings. The van der Waals surface area contributed by atoms with Crippen molar-refractivity contribution in [2.75, 3.05) is 5.32 Å². The predicted octanol–water partition coefficient (Wildman–Crippen LogP) is 3.76. The number of hydrogen-bond acceptors (Lipinski definition) is 7. The monoisotopic (exact) mass is 463 g/mol. The number of carbonyl (C=O) groups excluding carboxylic acids is 1. The molecule has 33 heavy (non-hydrogen) atoms. The van der Waals surface area contributed by atoms with Crippen LogP contribution in [0.15, 0.2) is 71.2 Å². The maximum atomic E-state index is 12.6. The van der Waals surface area contributed by atoms with Crippen LogP contribution >= 0.6 is 11.8 Å². The number of nitrogens with one attached hydrogen (secondary N) is 2. The zero-order valence-electron chi connectivity index (χ0n) is 18.4. The lowest BCUT2D eigenvalue weighted by Gasteiger charge is -2.16. The number of pyridine rings is 1. The van der Waals surface area contributed by atoms with E-state index in [0.29, 0.717) is 27.4 Å². The van der Waals surface area contributed by atoms with Crippen LogP contribution in [0.2, 0.25) is 0 Å². The van der Waals surface area contributed by atoms with E-state index in [9.17, 15) is 4.79 Å². The third-order valence-corrected chi connectivity index (χ3v) is 5.51. The molecular weight excluding hydrogens is 438 g/mol. The van der Waals surface area contributed by atoms with Crippen LogP contribution in [0.25, 0.3) is 0 Å². The van der Waals surface area contributed by atoms with Gasteiger partial charge in [-0.15, -0.1) is 0 Å². The molecule has 0 unspecified atom stereocenters. The number of aromatic amines is 1. The molecule has 1 atom stereocenters. The first-order valence-electron chi connectivity index (χ1n) is 10.7. The Hall–Kier alpha value is -3.66. The molecule has 0 aliphatic carbocycles. The van der Waals surface area contributed by atoms with E-state index in [0.717, 1.165) is 13.0 Å². The van der Waals surface area contributed by atoms with Crippen molar-refractivity contribution in [1.29, 1.82) is 0 Å². The molecule has 0 spiro atoms. The van der Waals surface area contributed by atoms with Crippen LogP contribution in [0.5, 0.6) is 5.75 Å². The summed E-state index contributed by atoms with van der Waals surface area (Å²) in [5.41, 5.74) is 1.79. The number of amides is 1. The number of ether oxygens (including phenoxy) is 1. The van der Waals surface area contributed by atoms with Gasteiger partial charge in [0.2, 0.25) is 5.91 Å². The minimum Gasteiger partial charge on any atom is -0.490 e. The molecule has 1 aromatic carbocycles. The Morgan fingerprint density at radius 3 is 2.82 bits per heavy atom. The van der Waals surface area contributed by atoms with Gasteiger partial charge in [0.05, 0.1) is 18.2 Å². The number of aromatic nitrogens is 6. The number of H-pyrrole nitrogens is 1. The van der Waals surface area contributed by atoms with Gasteiger partial charge in [0.15, 0.2) is 11.0 Å². The van der Waals surface area contributed by atoms with Crippen molar-refractivity contribution in [1.82, 2.24) is 29.9 Å². The standard InChI is InChI=1S/C23H25N7O2S/c1-3-30-10-9-20(29-30)27-21(31)13-18-12-19(14-22(26-18)33-23-24-15-25-28-23)32-16(2)11-17-7-5-4-6-8-17/h4-10,12,14-16H,3,11,13H2,1-2H3,(H,24,25,28)(H,27,29,31)/t16-/m0/s1. The van der Waals surface area contributed by atoms with E-state index in [1.165, 1.54) is 23.7 Å². The van der Waals surface area contributed by atoms with E-state index in [2.05, 4.69) is 42.7 Å². The topological polar surface area (TPSA) is 111 Å². The van der Waals surface area contributed by atoms with Crippen LogP contribution in [0, 0.1) is 0 Å². The average Bonchev–Trinajstić information content (AvgIpc) is 3.46. The lowest BCUT2D eigenvalue weighted by atomic mass is 10.1. The van der Waals surface area contributed by atoms with Gasteiger partial charge in [-0.25, -0.2) is 9.97 Å². The van der Waals surface area contributed by atoms with Crippen molar-refractivity contribution in [3.05, 3.63) is 72.3 Å². The molecule has 1 amide bonds. The zero-order chi connectivity index (χ0) is 23.0. The third-order valence-electron chi connectivity index (χ3n) is 4.70. The lowest BCUT2D eigenvalue weighted by molar-refractivity contribution is -0.115. The molecule has 3 aromatic heterocycles. The highest BCUT2D eigenvalue weighted by atomic mass is 32.2. The number of benzene rings is 1. The first-order chi connectivity index (χ1) is 16.1. The fraction of sp³-hybridized carbons (Fsp3) is 0.261. The van der Waals surface area contributed by atoms with Gasteiger partial charge in [0.1, 0.15) is 17.1 Å². The molecule has 3 heterocycles. The summed E-state index contributed by atoms with van der Waals surface area (Å²) in [5, 5.41) is 15.1. The van der Waals surface area contributed by atoms with Gasteiger partial charge in [0.25, 0.3) is 0 Å². The summed E-state index contributed by atoms with van der Waals surface area (Å²) in [7, 11) is 0. The summed E-state index contributed by atoms with van der Waals surface area (Å²) in [6, 6.07) is 15.6. The SMILES string of the molecule is CCn1ccc(NC(=O)Cc2cc(O[C@@H](C)Cc3ccccc3)cc(Sc3ncn[nH]3)n2)n1. The molecule has 4 rings (SSSR count). The average molecular weight is 464 g/mol. The molecule has 170 valence electrons. The highest BCUT2D eigenvalue weighted by molar-refractivity contribution is 7.99. The maximum absolute atomic E-state index is 12.6. The molecule has 2 N–H and O–H groups in total. The molecule has 0 saturated heterocycles. The van der Waals surface area contributed by atoms with E-state index >= 15 is 0 Å².